The van der Waals surface area contributed by atoms with Crippen LogP contribution in [0, 0.1) is 18.8 Å². The summed E-state index contributed by atoms with van der Waals surface area (Å²) >= 11 is 0. The van der Waals surface area contributed by atoms with Crippen LogP contribution in [0.5, 0.6) is 11.6 Å². The number of carbonyl (C=O) groups excluding carboxylic acids is 1. The SMILES string of the molecule is Cc1cc2cn([C@H]3CC[C@H](C(C)C)CC3)nc2cc1OCCCCCOc1cccc(C(N)=O)n1. The number of nitrogens with zero attached hydrogens (tertiary/aromatic N) is 3. The third-order valence-electron chi connectivity index (χ3n) is 7.15. The Labute approximate surface area is 208 Å². The molecule has 0 spiro atoms. The fourth-order valence-corrected chi connectivity index (χ4v) is 4.93. The van der Waals surface area contributed by atoms with Crippen molar-refractivity contribution >= 4 is 16.8 Å². The molecule has 188 valence electrons. The van der Waals surface area contributed by atoms with Crippen LogP contribution >= 0.6 is 0 Å². The van der Waals surface area contributed by atoms with Gasteiger partial charge in [0, 0.05) is 23.7 Å². The van der Waals surface area contributed by atoms with Crippen molar-refractivity contribution in [3.63, 3.8) is 0 Å². The van der Waals surface area contributed by atoms with Crippen LogP contribution in [0.15, 0.2) is 36.5 Å². The molecule has 0 aliphatic heterocycles. The topological polar surface area (TPSA) is 92.3 Å². The molecule has 7 heteroatoms. The third kappa shape index (κ3) is 6.53. The molecule has 1 aliphatic carbocycles. The lowest BCUT2D eigenvalue weighted by atomic mass is 9.80. The van der Waals surface area contributed by atoms with E-state index in [1.54, 1.807) is 18.2 Å². The van der Waals surface area contributed by atoms with E-state index >= 15 is 0 Å². The number of pyridine rings is 1. The maximum absolute atomic E-state index is 11.2. The van der Waals surface area contributed by atoms with Crippen LogP contribution in [-0.2, 0) is 0 Å². The third-order valence-corrected chi connectivity index (χ3v) is 7.15. The van der Waals surface area contributed by atoms with E-state index in [-0.39, 0.29) is 5.69 Å². The minimum absolute atomic E-state index is 0.214. The lowest BCUT2D eigenvalue weighted by molar-refractivity contribution is 0.0994. The molecule has 2 aromatic heterocycles. The lowest BCUT2D eigenvalue weighted by Gasteiger charge is -2.30. The second-order valence-electron chi connectivity index (χ2n) is 10.1. The summed E-state index contributed by atoms with van der Waals surface area (Å²) in [5, 5.41) is 6.09. The van der Waals surface area contributed by atoms with E-state index < -0.39 is 5.91 Å². The number of unbranched alkanes of at least 4 members (excludes halogenated alkanes) is 2. The number of rotatable bonds is 11. The fourth-order valence-electron chi connectivity index (χ4n) is 4.93. The van der Waals surface area contributed by atoms with Crippen LogP contribution in [0.2, 0.25) is 0 Å². The minimum Gasteiger partial charge on any atom is -0.493 e. The Hall–Kier alpha value is -3.09. The monoisotopic (exact) mass is 478 g/mol. The number of hydrogen-bond acceptors (Lipinski definition) is 5. The molecule has 1 aliphatic rings. The van der Waals surface area contributed by atoms with E-state index in [4.69, 9.17) is 20.3 Å². The molecule has 2 heterocycles. The Kier molecular flexibility index (Phi) is 8.26. The van der Waals surface area contributed by atoms with Crippen molar-refractivity contribution in [1.29, 1.82) is 0 Å². The van der Waals surface area contributed by atoms with E-state index in [2.05, 4.69) is 48.8 Å². The van der Waals surface area contributed by atoms with Gasteiger partial charge >= 0.3 is 0 Å². The maximum Gasteiger partial charge on any atom is 0.267 e. The highest BCUT2D eigenvalue weighted by atomic mass is 16.5. The van der Waals surface area contributed by atoms with Gasteiger partial charge in [-0.1, -0.05) is 19.9 Å². The minimum atomic E-state index is -0.554. The fraction of sp³-hybridized carbons (Fsp3) is 0.536. The number of aromatic nitrogens is 3. The van der Waals surface area contributed by atoms with Gasteiger partial charge < -0.3 is 15.2 Å². The largest absolute Gasteiger partial charge is 0.493 e. The lowest BCUT2D eigenvalue weighted by Crippen LogP contribution is -2.21. The Morgan fingerprint density at radius 1 is 1.09 bits per heavy atom. The normalized spacial score (nSPS) is 18.2. The van der Waals surface area contributed by atoms with Crippen molar-refractivity contribution in [3.05, 3.63) is 47.8 Å². The zero-order valence-electron chi connectivity index (χ0n) is 21.2. The van der Waals surface area contributed by atoms with E-state index in [1.165, 1.54) is 31.1 Å². The van der Waals surface area contributed by atoms with E-state index in [9.17, 15) is 4.79 Å². The summed E-state index contributed by atoms with van der Waals surface area (Å²) in [5.41, 5.74) is 7.62. The molecule has 0 bridgehead atoms. The number of amides is 1. The zero-order chi connectivity index (χ0) is 24.8. The number of carbonyl (C=O) groups is 1. The van der Waals surface area contributed by atoms with Crippen LogP contribution in [0.25, 0.3) is 10.9 Å². The average molecular weight is 479 g/mol. The number of primary amides is 1. The highest BCUT2D eigenvalue weighted by Gasteiger charge is 2.25. The number of ether oxygens (including phenoxy) is 2. The molecular weight excluding hydrogens is 440 g/mol. The van der Waals surface area contributed by atoms with Gasteiger partial charge in [0.25, 0.3) is 5.91 Å². The molecule has 4 rings (SSSR count). The zero-order valence-corrected chi connectivity index (χ0v) is 21.2. The molecule has 1 aromatic carbocycles. The number of aryl methyl sites for hydroxylation is 1. The van der Waals surface area contributed by atoms with Crippen LogP contribution in [0.3, 0.4) is 0 Å². The predicted molar refractivity (Wildman–Crippen MR) is 138 cm³/mol. The quantitative estimate of drug-likeness (QED) is 0.349. The molecule has 1 amide bonds. The number of nitrogens with two attached hydrogens (primary N) is 1. The molecule has 3 aromatic rings. The highest BCUT2D eigenvalue weighted by Crippen LogP contribution is 2.36. The van der Waals surface area contributed by atoms with Crippen LogP contribution < -0.4 is 15.2 Å². The Bertz CT molecular complexity index is 1130. The standard InChI is InChI=1S/C28H38N4O3/c1-19(2)21-10-12-23(13-11-21)32-18-22-16-20(3)26(17-25(22)31-32)34-14-5-4-6-15-35-27-9-7-8-24(30-27)28(29)33/h7-9,16-19,21,23H,4-6,10-15H2,1-3H3,(H2,29,33)/t21-,23-. The maximum atomic E-state index is 11.2. The molecule has 0 saturated heterocycles. The summed E-state index contributed by atoms with van der Waals surface area (Å²) in [6.07, 6.45) is 10.0. The van der Waals surface area contributed by atoms with Gasteiger partial charge in [0.05, 0.1) is 24.8 Å². The molecule has 1 fully saturated rings. The number of fused-ring (bicyclic) bond motifs is 1. The summed E-state index contributed by atoms with van der Waals surface area (Å²) in [6.45, 7) is 7.98. The molecule has 0 unspecified atom stereocenters. The van der Waals surface area contributed by atoms with Gasteiger partial charge in [0.2, 0.25) is 5.88 Å². The van der Waals surface area contributed by atoms with E-state index in [1.807, 2.05) is 0 Å². The van der Waals surface area contributed by atoms with Crippen molar-refractivity contribution in [2.75, 3.05) is 13.2 Å². The molecular formula is C28H38N4O3. The summed E-state index contributed by atoms with van der Waals surface area (Å²) in [7, 11) is 0. The van der Waals surface area contributed by atoms with Crippen molar-refractivity contribution in [3.8, 4) is 11.6 Å². The first kappa shape index (κ1) is 25.0. The van der Waals surface area contributed by atoms with E-state index in [0.29, 0.717) is 25.1 Å². The Morgan fingerprint density at radius 3 is 2.54 bits per heavy atom. The Balaban J connectivity index is 1.22. The predicted octanol–water partition coefficient (Wildman–Crippen LogP) is 5.85. The number of benzene rings is 1. The van der Waals surface area contributed by atoms with Crippen molar-refractivity contribution in [2.24, 2.45) is 17.6 Å². The molecule has 0 radical (unpaired) electrons. The molecule has 7 nitrogen and oxygen atoms in total. The van der Waals surface area contributed by atoms with Gasteiger partial charge in [-0.2, -0.15) is 5.10 Å². The van der Waals surface area contributed by atoms with Crippen molar-refractivity contribution in [1.82, 2.24) is 14.8 Å². The summed E-state index contributed by atoms with van der Waals surface area (Å²) in [5.74, 6) is 2.42. The molecule has 1 saturated carbocycles. The van der Waals surface area contributed by atoms with Crippen LogP contribution in [0.4, 0.5) is 0 Å². The van der Waals surface area contributed by atoms with Gasteiger partial charge in [-0.25, -0.2) is 4.98 Å². The molecule has 35 heavy (non-hydrogen) atoms. The van der Waals surface area contributed by atoms with E-state index in [0.717, 1.165) is 47.9 Å². The summed E-state index contributed by atoms with van der Waals surface area (Å²) < 4.78 is 13.9. The van der Waals surface area contributed by atoms with Crippen molar-refractivity contribution < 1.29 is 14.3 Å². The first-order valence-corrected chi connectivity index (χ1v) is 12.9. The van der Waals surface area contributed by atoms with Crippen LogP contribution in [0.1, 0.15) is 80.9 Å². The molecule has 2 N–H and O–H groups in total. The summed E-state index contributed by atoms with van der Waals surface area (Å²) in [6, 6.07) is 9.81. The van der Waals surface area contributed by atoms with Crippen molar-refractivity contribution in [2.45, 2.75) is 71.8 Å². The second kappa shape index (κ2) is 11.6. The smallest absolute Gasteiger partial charge is 0.267 e. The number of hydrogen-bond donors (Lipinski definition) is 1. The highest BCUT2D eigenvalue weighted by molar-refractivity contribution is 5.90. The van der Waals surface area contributed by atoms with Gasteiger partial charge in [-0.05, 0) is 81.4 Å². The van der Waals surface area contributed by atoms with Gasteiger partial charge in [0.1, 0.15) is 11.4 Å². The Morgan fingerprint density at radius 2 is 1.83 bits per heavy atom. The van der Waals surface area contributed by atoms with Gasteiger partial charge in [-0.3, -0.25) is 9.48 Å². The first-order chi connectivity index (χ1) is 16.9. The van der Waals surface area contributed by atoms with Gasteiger partial charge in [0.15, 0.2) is 0 Å². The van der Waals surface area contributed by atoms with Gasteiger partial charge in [-0.15, -0.1) is 0 Å². The summed E-state index contributed by atoms with van der Waals surface area (Å²) in [4.78, 5) is 15.3. The molecule has 0 atom stereocenters. The van der Waals surface area contributed by atoms with Crippen LogP contribution in [-0.4, -0.2) is 33.9 Å². The average Bonchev–Trinajstić information content (AvgIpc) is 3.26. The second-order valence-corrected chi connectivity index (χ2v) is 10.1. The first-order valence-electron chi connectivity index (χ1n) is 12.9.